The van der Waals surface area contributed by atoms with Crippen LogP contribution in [0.4, 0.5) is 0 Å². The van der Waals surface area contributed by atoms with Gasteiger partial charge in [-0.1, -0.05) is 79.8 Å². The quantitative estimate of drug-likeness (QED) is 0.280. The maximum atomic E-state index is 10.7. The van der Waals surface area contributed by atoms with Crippen molar-refractivity contribution in [2.45, 2.75) is 64.7 Å². The Morgan fingerprint density at radius 1 is 0.750 bits per heavy atom. The fourth-order valence-electron chi connectivity index (χ4n) is 2.52. The molecule has 0 heterocycles. The highest BCUT2D eigenvalue weighted by Gasteiger charge is 2.09. The van der Waals surface area contributed by atoms with Crippen molar-refractivity contribution >= 4 is 5.97 Å². The largest absolute Gasteiger partial charge is 0.481 e. The van der Waals surface area contributed by atoms with E-state index < -0.39 is 5.97 Å². The molecule has 1 unspecified atom stereocenters. The predicted molar refractivity (Wildman–Crippen MR) is 122 cm³/mol. The van der Waals surface area contributed by atoms with Gasteiger partial charge in [0.05, 0.1) is 0 Å². The second-order valence-corrected chi connectivity index (χ2v) is 6.69. The topological polar surface area (TPSA) is 63.3 Å². The van der Waals surface area contributed by atoms with E-state index in [2.05, 4.69) is 79.8 Å². The molecule has 0 aliphatic carbocycles. The van der Waals surface area contributed by atoms with E-state index in [9.17, 15) is 4.79 Å². The molecule has 0 aromatic carbocycles. The lowest BCUT2D eigenvalue weighted by atomic mass is 9.99. The summed E-state index contributed by atoms with van der Waals surface area (Å²) in [7, 11) is 0. The summed E-state index contributed by atoms with van der Waals surface area (Å²) >= 11 is 0. The van der Waals surface area contributed by atoms with Crippen LogP contribution in [0.2, 0.25) is 0 Å². The first-order chi connectivity index (χ1) is 13.7. The van der Waals surface area contributed by atoms with Gasteiger partial charge in [0.1, 0.15) is 0 Å². The van der Waals surface area contributed by atoms with Crippen molar-refractivity contribution in [2.24, 2.45) is 11.7 Å². The van der Waals surface area contributed by atoms with E-state index in [4.69, 9.17) is 10.8 Å². The van der Waals surface area contributed by atoms with Crippen LogP contribution in [0.3, 0.4) is 0 Å². The van der Waals surface area contributed by atoms with E-state index in [0.29, 0.717) is 6.54 Å². The molecule has 0 aromatic rings. The Balaban J connectivity index is 3.64. The van der Waals surface area contributed by atoms with Crippen LogP contribution >= 0.6 is 0 Å². The molecule has 28 heavy (non-hydrogen) atoms. The molecule has 3 nitrogen and oxygen atoms in total. The van der Waals surface area contributed by atoms with Gasteiger partial charge in [0, 0.05) is 6.42 Å². The van der Waals surface area contributed by atoms with E-state index in [0.717, 1.165) is 51.4 Å². The van der Waals surface area contributed by atoms with Gasteiger partial charge in [-0.05, 0) is 63.8 Å². The average molecular weight is 386 g/mol. The van der Waals surface area contributed by atoms with Crippen molar-refractivity contribution in [1.29, 1.82) is 0 Å². The number of carboxylic acids is 1. The molecule has 0 aliphatic rings. The van der Waals surface area contributed by atoms with Crippen LogP contribution in [0, 0.1) is 5.92 Å². The summed E-state index contributed by atoms with van der Waals surface area (Å²) in [6, 6.07) is 0. The van der Waals surface area contributed by atoms with Crippen molar-refractivity contribution in [3.05, 3.63) is 72.9 Å². The second kappa shape index (κ2) is 21.2. The third kappa shape index (κ3) is 20.2. The predicted octanol–water partition coefficient (Wildman–Crippen LogP) is 6.51. The Bertz CT molecular complexity index is 539. The molecule has 0 aliphatic heterocycles. The lowest BCUT2D eigenvalue weighted by Crippen LogP contribution is -2.17. The maximum Gasteiger partial charge on any atom is 0.303 e. The fourth-order valence-corrected chi connectivity index (χ4v) is 2.52. The smallest absolute Gasteiger partial charge is 0.303 e. The zero-order valence-electron chi connectivity index (χ0n) is 17.5. The van der Waals surface area contributed by atoms with Gasteiger partial charge < -0.3 is 10.8 Å². The van der Waals surface area contributed by atoms with E-state index in [1.165, 1.54) is 0 Å². The SMILES string of the molecule is CCC=CCC=CCC=CCC=CCC=CCC=CCCC(CN)CC(=O)O. The Morgan fingerprint density at radius 3 is 1.50 bits per heavy atom. The van der Waals surface area contributed by atoms with Gasteiger partial charge in [-0.3, -0.25) is 4.79 Å². The molecule has 0 radical (unpaired) electrons. The highest BCUT2D eigenvalue weighted by atomic mass is 16.4. The number of carbonyl (C=O) groups is 1. The number of rotatable bonds is 17. The molecule has 0 fully saturated rings. The van der Waals surface area contributed by atoms with Crippen LogP contribution in [0.5, 0.6) is 0 Å². The fraction of sp³-hybridized carbons (Fsp3) is 0.480. The van der Waals surface area contributed by atoms with Crippen molar-refractivity contribution in [3.8, 4) is 0 Å². The minimum absolute atomic E-state index is 0.0795. The molecule has 0 spiro atoms. The van der Waals surface area contributed by atoms with Crippen LogP contribution in [-0.2, 0) is 4.79 Å². The number of carboxylic acid groups (broad SMARTS) is 1. The first-order valence-electron chi connectivity index (χ1n) is 10.5. The molecule has 0 saturated heterocycles. The Morgan fingerprint density at radius 2 is 1.14 bits per heavy atom. The van der Waals surface area contributed by atoms with Gasteiger partial charge in [0.2, 0.25) is 0 Å². The molecule has 1 atom stereocenters. The van der Waals surface area contributed by atoms with E-state index in [-0.39, 0.29) is 12.3 Å². The molecule has 0 rings (SSSR count). The van der Waals surface area contributed by atoms with Crippen LogP contribution in [0.25, 0.3) is 0 Å². The van der Waals surface area contributed by atoms with E-state index in [1.54, 1.807) is 0 Å². The van der Waals surface area contributed by atoms with Crippen molar-refractivity contribution in [2.75, 3.05) is 6.54 Å². The van der Waals surface area contributed by atoms with Gasteiger partial charge in [0.15, 0.2) is 0 Å². The van der Waals surface area contributed by atoms with Crippen molar-refractivity contribution < 1.29 is 9.90 Å². The normalized spacial score (nSPS) is 14.1. The van der Waals surface area contributed by atoms with Crippen LogP contribution in [0.1, 0.15) is 64.7 Å². The summed E-state index contributed by atoms with van der Waals surface area (Å²) in [5, 5.41) is 8.78. The third-order valence-electron chi connectivity index (χ3n) is 4.13. The minimum Gasteiger partial charge on any atom is -0.481 e. The Hall–Kier alpha value is -2.13. The van der Waals surface area contributed by atoms with Gasteiger partial charge in [-0.2, -0.15) is 0 Å². The third-order valence-corrected chi connectivity index (χ3v) is 4.13. The molecular formula is C25H39NO2. The number of allylic oxidation sites excluding steroid dienone is 12. The lowest BCUT2D eigenvalue weighted by molar-refractivity contribution is -0.138. The van der Waals surface area contributed by atoms with Crippen LogP contribution in [0.15, 0.2) is 72.9 Å². The molecule has 0 amide bonds. The lowest BCUT2D eigenvalue weighted by Gasteiger charge is -2.09. The summed E-state index contributed by atoms with van der Waals surface area (Å²) in [4.78, 5) is 10.7. The molecule has 3 N–H and O–H groups in total. The summed E-state index contributed by atoms with van der Waals surface area (Å²) in [5.41, 5.74) is 5.59. The zero-order valence-corrected chi connectivity index (χ0v) is 17.5. The number of aliphatic carboxylic acids is 1. The van der Waals surface area contributed by atoms with Gasteiger partial charge >= 0.3 is 5.97 Å². The van der Waals surface area contributed by atoms with E-state index in [1.807, 2.05) is 0 Å². The number of hydrogen-bond donors (Lipinski definition) is 2. The molecule has 0 aromatic heterocycles. The van der Waals surface area contributed by atoms with Crippen molar-refractivity contribution in [1.82, 2.24) is 0 Å². The summed E-state index contributed by atoms with van der Waals surface area (Å²) < 4.78 is 0. The summed E-state index contributed by atoms with van der Waals surface area (Å²) in [5.74, 6) is -0.686. The standard InChI is InChI=1S/C25H39NO2/c1-2-3-4-5-6-7-8-9-10-11-12-13-14-15-16-17-18-19-20-21-24(23-26)22-25(27)28/h3-4,6-7,9-10,12-13,15-16,18-19,24H,2,5,8,11,14,17,20-23,26H2,1H3,(H,27,28). The second-order valence-electron chi connectivity index (χ2n) is 6.69. The molecule has 0 bridgehead atoms. The van der Waals surface area contributed by atoms with Crippen LogP contribution < -0.4 is 5.73 Å². The average Bonchev–Trinajstić information content (AvgIpc) is 2.68. The van der Waals surface area contributed by atoms with Gasteiger partial charge in [-0.15, -0.1) is 0 Å². The Labute approximate surface area is 172 Å². The Kier molecular flexibility index (Phi) is 19.6. The monoisotopic (exact) mass is 385 g/mol. The van der Waals surface area contributed by atoms with Gasteiger partial charge in [-0.25, -0.2) is 0 Å². The first kappa shape index (κ1) is 25.9. The van der Waals surface area contributed by atoms with Crippen molar-refractivity contribution in [3.63, 3.8) is 0 Å². The van der Waals surface area contributed by atoms with Crippen LogP contribution in [-0.4, -0.2) is 17.6 Å². The highest BCUT2D eigenvalue weighted by Crippen LogP contribution is 2.10. The molecule has 156 valence electrons. The summed E-state index contributed by atoms with van der Waals surface area (Å²) in [6.07, 6.45) is 34.1. The first-order valence-corrected chi connectivity index (χ1v) is 10.5. The molecular weight excluding hydrogens is 346 g/mol. The van der Waals surface area contributed by atoms with Gasteiger partial charge in [0.25, 0.3) is 0 Å². The number of nitrogens with two attached hydrogens (primary N) is 1. The molecule has 0 saturated carbocycles. The maximum absolute atomic E-state index is 10.7. The minimum atomic E-state index is -0.766. The molecule has 3 heteroatoms. The number of hydrogen-bond acceptors (Lipinski definition) is 2. The highest BCUT2D eigenvalue weighted by molar-refractivity contribution is 5.67. The zero-order chi connectivity index (χ0) is 20.7. The van der Waals surface area contributed by atoms with E-state index >= 15 is 0 Å². The summed E-state index contributed by atoms with van der Waals surface area (Å²) in [6.45, 7) is 2.59.